The van der Waals surface area contributed by atoms with Crippen LogP contribution in [0.4, 0.5) is 0 Å². The van der Waals surface area contributed by atoms with Gasteiger partial charge in [-0.05, 0) is 50.9 Å². The number of aliphatic hydroxyl groups excluding tert-OH is 1. The average molecular weight is 310 g/mol. The first kappa shape index (κ1) is 15.6. The maximum absolute atomic E-state index is 10.6. The Morgan fingerprint density at radius 1 is 1.39 bits per heavy atom. The first-order chi connectivity index (χ1) is 11.1. The van der Waals surface area contributed by atoms with Gasteiger partial charge in [0, 0.05) is 0 Å². The van der Waals surface area contributed by atoms with Crippen LogP contribution < -0.4 is 0 Å². The number of hydrogen-bond acceptors (Lipinski definition) is 4. The summed E-state index contributed by atoms with van der Waals surface area (Å²) in [5.74, 6) is 1.26. The summed E-state index contributed by atoms with van der Waals surface area (Å²) in [6, 6.07) is 9.55. The fourth-order valence-electron chi connectivity index (χ4n) is 3.10. The molecule has 5 nitrogen and oxygen atoms in total. The number of nitrogens with zero attached hydrogens (tertiary/aromatic N) is 3. The summed E-state index contributed by atoms with van der Waals surface area (Å²) in [5, 5.41) is 20.1. The summed E-state index contributed by atoms with van der Waals surface area (Å²) in [6.07, 6.45) is 2.26. The molecule has 0 saturated carbocycles. The third-order valence-electron chi connectivity index (χ3n) is 4.76. The fraction of sp³-hybridized carbons (Fsp3) is 0.444. The van der Waals surface area contributed by atoms with Crippen molar-refractivity contribution in [1.29, 1.82) is 5.26 Å². The molecule has 1 atom stereocenters. The lowest BCUT2D eigenvalue weighted by Gasteiger charge is -2.34. The van der Waals surface area contributed by atoms with Crippen LogP contribution in [-0.4, -0.2) is 39.1 Å². The van der Waals surface area contributed by atoms with Crippen LogP contribution in [0.3, 0.4) is 0 Å². The Balaban J connectivity index is 1.91. The third-order valence-corrected chi connectivity index (χ3v) is 4.76. The second kappa shape index (κ2) is 6.43. The Morgan fingerprint density at radius 2 is 2.09 bits per heavy atom. The summed E-state index contributed by atoms with van der Waals surface area (Å²) in [6.45, 7) is 6.11. The van der Waals surface area contributed by atoms with E-state index in [9.17, 15) is 10.4 Å². The van der Waals surface area contributed by atoms with E-state index < -0.39 is 0 Å². The maximum Gasteiger partial charge on any atom is 0.152 e. The van der Waals surface area contributed by atoms with Crippen molar-refractivity contribution in [2.45, 2.75) is 32.7 Å². The van der Waals surface area contributed by atoms with Crippen molar-refractivity contribution < 1.29 is 5.11 Å². The highest BCUT2D eigenvalue weighted by Gasteiger charge is 2.26. The predicted molar refractivity (Wildman–Crippen MR) is 90.7 cm³/mol. The van der Waals surface area contributed by atoms with Crippen molar-refractivity contribution in [3.63, 3.8) is 0 Å². The maximum atomic E-state index is 10.6. The van der Waals surface area contributed by atoms with Gasteiger partial charge in [0.1, 0.15) is 17.4 Å². The quantitative estimate of drug-likeness (QED) is 0.672. The molecular formula is C18H22N4O. The smallest absolute Gasteiger partial charge is 0.152 e. The summed E-state index contributed by atoms with van der Waals surface area (Å²) >= 11 is 0. The Morgan fingerprint density at radius 3 is 2.74 bits per heavy atom. The summed E-state index contributed by atoms with van der Waals surface area (Å²) in [5.41, 5.74) is 1.89. The molecule has 2 heterocycles. The van der Waals surface area contributed by atoms with Crippen molar-refractivity contribution in [2.24, 2.45) is 5.92 Å². The monoisotopic (exact) mass is 310 g/mol. The molecule has 2 N–H and O–H groups in total. The van der Waals surface area contributed by atoms with Crippen LogP contribution in [0.5, 0.6) is 0 Å². The molecule has 0 spiro atoms. The number of rotatable bonds is 3. The van der Waals surface area contributed by atoms with E-state index in [4.69, 9.17) is 0 Å². The Bertz CT molecular complexity index is 730. The number of hydrogen-bond donors (Lipinski definition) is 2. The highest BCUT2D eigenvalue weighted by molar-refractivity contribution is 5.82. The number of nitrogens with one attached hydrogen (secondary N) is 1. The number of likely N-dealkylation sites (tertiary alicyclic amines) is 1. The van der Waals surface area contributed by atoms with Gasteiger partial charge in [0.2, 0.25) is 0 Å². The fourth-order valence-corrected chi connectivity index (χ4v) is 3.10. The van der Waals surface area contributed by atoms with Gasteiger partial charge in [-0.2, -0.15) is 5.26 Å². The van der Waals surface area contributed by atoms with E-state index >= 15 is 0 Å². The van der Waals surface area contributed by atoms with Gasteiger partial charge < -0.3 is 10.1 Å². The van der Waals surface area contributed by atoms with Crippen LogP contribution in [0, 0.1) is 17.2 Å². The van der Waals surface area contributed by atoms with Gasteiger partial charge in [-0.3, -0.25) is 4.90 Å². The van der Waals surface area contributed by atoms with E-state index in [1.54, 1.807) is 0 Å². The van der Waals surface area contributed by atoms with Crippen molar-refractivity contribution in [3.05, 3.63) is 35.8 Å². The molecule has 1 aliphatic heterocycles. The first-order valence-corrected chi connectivity index (χ1v) is 8.12. The number of para-hydroxylation sites is 2. The van der Waals surface area contributed by atoms with Gasteiger partial charge in [-0.25, -0.2) is 4.98 Å². The molecule has 2 aromatic rings. The number of imidazole rings is 1. The van der Waals surface area contributed by atoms with Crippen LogP contribution in [0.15, 0.2) is 30.0 Å². The number of nitriles is 1. The minimum absolute atomic E-state index is 0.0982. The van der Waals surface area contributed by atoms with Gasteiger partial charge in [0.25, 0.3) is 0 Å². The van der Waals surface area contributed by atoms with Gasteiger partial charge in [0.15, 0.2) is 5.82 Å². The Hall–Kier alpha value is -2.32. The Labute approximate surface area is 136 Å². The lowest BCUT2D eigenvalue weighted by molar-refractivity contribution is 0.137. The van der Waals surface area contributed by atoms with Crippen LogP contribution in [0.1, 0.15) is 32.5 Å². The summed E-state index contributed by atoms with van der Waals surface area (Å²) in [7, 11) is 0. The lowest BCUT2D eigenvalue weighted by Crippen LogP contribution is -2.40. The molecule has 23 heavy (non-hydrogen) atoms. The van der Waals surface area contributed by atoms with Gasteiger partial charge in [0.05, 0.1) is 17.1 Å². The number of benzene rings is 1. The number of piperidine rings is 1. The summed E-state index contributed by atoms with van der Waals surface area (Å²) < 4.78 is 0. The average Bonchev–Trinajstić information content (AvgIpc) is 2.99. The molecule has 0 bridgehead atoms. The molecular weight excluding hydrogens is 288 g/mol. The van der Waals surface area contributed by atoms with E-state index in [2.05, 4.69) is 27.9 Å². The number of aromatic nitrogens is 2. The van der Waals surface area contributed by atoms with Crippen molar-refractivity contribution in [1.82, 2.24) is 14.9 Å². The van der Waals surface area contributed by atoms with Crippen LogP contribution in [0.2, 0.25) is 0 Å². The highest BCUT2D eigenvalue weighted by Crippen LogP contribution is 2.25. The van der Waals surface area contributed by atoms with E-state index in [1.807, 2.05) is 31.2 Å². The van der Waals surface area contributed by atoms with E-state index in [0.717, 1.165) is 42.9 Å². The molecule has 0 unspecified atom stereocenters. The number of aromatic amines is 1. The third kappa shape index (κ3) is 3.08. The number of fused-ring (bicyclic) bond motifs is 1. The molecule has 1 aromatic heterocycles. The van der Waals surface area contributed by atoms with Crippen molar-refractivity contribution in [3.8, 4) is 6.07 Å². The summed E-state index contributed by atoms with van der Waals surface area (Å²) in [4.78, 5) is 9.78. The van der Waals surface area contributed by atoms with Crippen molar-refractivity contribution in [2.75, 3.05) is 13.1 Å². The lowest BCUT2D eigenvalue weighted by atomic mass is 9.97. The zero-order valence-corrected chi connectivity index (χ0v) is 13.6. The highest BCUT2D eigenvalue weighted by atomic mass is 16.3. The molecule has 1 aliphatic rings. The Kier molecular flexibility index (Phi) is 4.35. The standard InChI is InChI=1S/C18H22N4O/c1-12-7-9-22(10-8-12)13(2)17(23)14(11-19)18-20-15-5-3-4-6-16(15)21-18/h3-6,12-13,23H,7-10H2,1-2H3,(H,20,21)/b17-14-/t13-/m1/s1. The van der Waals surface area contributed by atoms with Gasteiger partial charge in [-0.1, -0.05) is 19.1 Å². The van der Waals surface area contributed by atoms with Crippen LogP contribution in [0.25, 0.3) is 16.6 Å². The predicted octanol–water partition coefficient (Wildman–Crippen LogP) is 3.48. The van der Waals surface area contributed by atoms with E-state index in [1.165, 1.54) is 0 Å². The molecule has 5 heteroatoms. The molecule has 0 aliphatic carbocycles. The SMILES string of the molecule is CC1CCN([C@H](C)/C(O)=C(\C#N)c2nc3ccccc3[nH]2)CC1. The van der Waals surface area contributed by atoms with Gasteiger partial charge in [-0.15, -0.1) is 0 Å². The van der Waals surface area contributed by atoms with Crippen LogP contribution in [-0.2, 0) is 0 Å². The molecule has 120 valence electrons. The van der Waals surface area contributed by atoms with Crippen molar-refractivity contribution >= 4 is 16.6 Å². The minimum atomic E-state index is -0.176. The first-order valence-electron chi connectivity index (χ1n) is 8.12. The zero-order valence-electron chi connectivity index (χ0n) is 13.6. The largest absolute Gasteiger partial charge is 0.509 e. The molecule has 3 rings (SSSR count). The molecule has 0 radical (unpaired) electrons. The molecule has 1 fully saturated rings. The van der Waals surface area contributed by atoms with Crippen LogP contribution >= 0.6 is 0 Å². The number of allylic oxidation sites excluding steroid dienone is 1. The van der Waals surface area contributed by atoms with E-state index in [0.29, 0.717) is 5.82 Å². The number of aliphatic hydroxyl groups is 1. The number of H-pyrrole nitrogens is 1. The second-order valence-electron chi connectivity index (χ2n) is 6.37. The van der Waals surface area contributed by atoms with E-state index in [-0.39, 0.29) is 17.4 Å². The molecule has 0 amide bonds. The minimum Gasteiger partial charge on any atom is -0.509 e. The zero-order chi connectivity index (χ0) is 16.4. The molecule has 1 saturated heterocycles. The topological polar surface area (TPSA) is 75.9 Å². The molecule has 1 aromatic carbocycles. The van der Waals surface area contributed by atoms with Gasteiger partial charge >= 0.3 is 0 Å². The second-order valence-corrected chi connectivity index (χ2v) is 6.37. The normalized spacial score (nSPS) is 19.3.